The Morgan fingerprint density at radius 2 is 1.38 bits per heavy atom. The van der Waals surface area contributed by atoms with Gasteiger partial charge in [0.2, 0.25) is 0 Å². The molecule has 5 heteroatoms. The lowest BCUT2D eigenvalue weighted by molar-refractivity contribution is 0.441. The van der Waals surface area contributed by atoms with Gasteiger partial charge in [-0.1, -0.05) is 91.7 Å². The summed E-state index contributed by atoms with van der Waals surface area (Å²) in [4.78, 5) is 0. The molecule has 3 N–H and O–H groups in total. The Morgan fingerprint density at radius 1 is 0.917 bits per heavy atom. The highest BCUT2D eigenvalue weighted by atomic mass is 32.4. The predicted octanol–water partition coefficient (Wildman–Crippen LogP) is 3.38. The van der Waals surface area contributed by atoms with Crippen LogP contribution in [-0.4, -0.2) is 6.04 Å². The highest BCUT2D eigenvalue weighted by molar-refractivity contribution is 8.21. The van der Waals surface area contributed by atoms with Crippen molar-refractivity contribution in [1.29, 1.82) is 5.26 Å². The third kappa shape index (κ3) is 5.18. The van der Waals surface area contributed by atoms with Crippen LogP contribution in [0, 0.1) is 11.5 Å². The van der Waals surface area contributed by atoms with Crippen molar-refractivity contribution in [3.8, 4) is 6.19 Å². The average molecular weight is 357 g/mol. The zero-order chi connectivity index (χ0) is 17.3. The minimum Gasteiger partial charge on any atom is -0.328 e. The molecule has 0 amide bonds. The minimum atomic E-state index is -2.20. The molecule has 3 nitrogen and oxygen atoms in total. The maximum atomic E-state index is 8.92. The predicted molar refractivity (Wildman–Crippen MR) is 106 cm³/mol. The van der Waals surface area contributed by atoms with Gasteiger partial charge in [0.1, 0.15) is 0 Å². The molecule has 126 valence electrons. The van der Waals surface area contributed by atoms with E-state index in [4.69, 9.17) is 22.8 Å². The fraction of sp³-hybridized carbons (Fsp3) is 0.316. The van der Waals surface area contributed by atoms with Gasteiger partial charge in [0.15, 0.2) is 6.19 Å². The Hall–Kier alpha value is -1.66. The topological polar surface area (TPSA) is 61.8 Å². The highest BCUT2D eigenvalue weighted by Gasteiger charge is 2.20. The van der Waals surface area contributed by atoms with Gasteiger partial charge in [-0.05, 0) is 12.8 Å². The van der Waals surface area contributed by atoms with Gasteiger partial charge in [0, 0.05) is 16.7 Å². The highest BCUT2D eigenvalue weighted by Crippen LogP contribution is 2.38. The quantitative estimate of drug-likeness (QED) is 0.502. The van der Waals surface area contributed by atoms with Gasteiger partial charge >= 0.3 is 0 Å². The fourth-order valence-electron chi connectivity index (χ4n) is 2.76. The molecule has 0 aromatic heterocycles. The lowest BCUT2D eigenvalue weighted by atomic mass is 9.97. The number of hydrogen-bond donors (Lipinski definition) is 2. The average Bonchev–Trinajstić information content (AvgIpc) is 2.64. The van der Waals surface area contributed by atoms with Crippen molar-refractivity contribution < 1.29 is 0 Å². The molecule has 1 aliphatic carbocycles. The van der Waals surface area contributed by atoms with E-state index in [-0.39, 0.29) is 0 Å². The molecule has 2 aromatic carbocycles. The van der Waals surface area contributed by atoms with Crippen LogP contribution in [0.15, 0.2) is 60.7 Å². The van der Waals surface area contributed by atoms with Crippen LogP contribution in [0.5, 0.6) is 0 Å². The molecule has 0 saturated heterocycles. The maximum Gasteiger partial charge on any atom is 0.181 e. The standard InChI is InChI=1S/C13H11N2PS.C6H13N/c14-11-15-16(17,12-7-3-1-4-8-12)13-9-5-2-6-10-13;7-6-4-2-1-3-5-6/h1-10H,(H,15,17);6H,1-5,7H2. The van der Waals surface area contributed by atoms with E-state index in [0.29, 0.717) is 6.04 Å². The lowest BCUT2D eigenvalue weighted by Gasteiger charge is -2.20. The van der Waals surface area contributed by atoms with Crippen LogP contribution in [-0.2, 0) is 11.8 Å². The fourth-order valence-corrected chi connectivity index (χ4v) is 5.49. The molecule has 0 heterocycles. The normalized spacial score (nSPS) is 14.8. The molecule has 0 unspecified atom stereocenters. The molecule has 1 saturated carbocycles. The zero-order valence-corrected chi connectivity index (χ0v) is 15.5. The summed E-state index contributed by atoms with van der Waals surface area (Å²) in [5.74, 6) is 0. The third-order valence-corrected chi connectivity index (χ3v) is 8.10. The van der Waals surface area contributed by atoms with Crippen LogP contribution in [0.25, 0.3) is 0 Å². The Kier molecular flexibility index (Phi) is 7.46. The molecule has 0 bridgehead atoms. The Bertz CT molecular complexity index is 648. The van der Waals surface area contributed by atoms with Crippen LogP contribution >= 0.6 is 6.19 Å². The molecular weight excluding hydrogens is 333 g/mol. The number of rotatable bonds is 3. The summed E-state index contributed by atoms with van der Waals surface area (Å²) in [6.07, 6.45) is 6.46. The van der Waals surface area contributed by atoms with Gasteiger partial charge in [-0.25, -0.2) is 0 Å². The smallest absolute Gasteiger partial charge is 0.181 e. The van der Waals surface area contributed by atoms with E-state index in [1.165, 1.54) is 32.1 Å². The molecule has 24 heavy (non-hydrogen) atoms. The maximum absolute atomic E-state index is 8.92. The van der Waals surface area contributed by atoms with Gasteiger partial charge in [-0.15, -0.1) is 0 Å². The van der Waals surface area contributed by atoms with Gasteiger partial charge in [0.05, 0.1) is 6.19 Å². The first-order valence-electron chi connectivity index (χ1n) is 8.30. The van der Waals surface area contributed by atoms with Crippen molar-refractivity contribution in [2.24, 2.45) is 5.73 Å². The molecular formula is C19H24N3PS. The minimum absolute atomic E-state index is 0.536. The summed E-state index contributed by atoms with van der Waals surface area (Å²) in [7, 11) is 0. The summed E-state index contributed by atoms with van der Waals surface area (Å²) in [6.45, 7) is 0. The molecule has 0 aliphatic heterocycles. The second-order valence-electron chi connectivity index (χ2n) is 5.90. The van der Waals surface area contributed by atoms with E-state index >= 15 is 0 Å². The van der Waals surface area contributed by atoms with E-state index in [1.807, 2.05) is 66.9 Å². The van der Waals surface area contributed by atoms with Crippen molar-refractivity contribution in [3.63, 3.8) is 0 Å². The number of benzene rings is 2. The second kappa shape index (κ2) is 9.59. The van der Waals surface area contributed by atoms with Crippen molar-refractivity contribution >= 4 is 28.6 Å². The van der Waals surface area contributed by atoms with E-state index in [2.05, 4.69) is 5.09 Å². The van der Waals surface area contributed by atoms with Gasteiger partial charge in [0.25, 0.3) is 0 Å². The Balaban J connectivity index is 0.000000249. The first kappa shape index (κ1) is 18.7. The van der Waals surface area contributed by atoms with Crippen LogP contribution in [0.1, 0.15) is 32.1 Å². The van der Waals surface area contributed by atoms with Crippen molar-refractivity contribution in [1.82, 2.24) is 5.09 Å². The van der Waals surface area contributed by atoms with Crippen LogP contribution in [0.3, 0.4) is 0 Å². The molecule has 3 rings (SSSR count). The van der Waals surface area contributed by atoms with Crippen molar-refractivity contribution in [3.05, 3.63) is 60.7 Å². The van der Waals surface area contributed by atoms with Crippen LogP contribution < -0.4 is 21.4 Å². The van der Waals surface area contributed by atoms with E-state index in [1.54, 1.807) is 0 Å². The SMILES string of the molecule is N#CNP(=S)(c1ccccc1)c1ccccc1.NC1CCCCC1. The Morgan fingerprint density at radius 3 is 1.71 bits per heavy atom. The van der Waals surface area contributed by atoms with E-state index in [9.17, 15) is 0 Å². The molecule has 0 atom stereocenters. The van der Waals surface area contributed by atoms with Crippen molar-refractivity contribution in [2.75, 3.05) is 0 Å². The van der Waals surface area contributed by atoms with E-state index in [0.717, 1.165) is 10.6 Å². The number of nitrogens with one attached hydrogen (secondary N) is 1. The lowest BCUT2D eigenvalue weighted by Crippen LogP contribution is -2.24. The summed E-state index contributed by atoms with van der Waals surface area (Å²) in [6, 6.07) is 20.1. The van der Waals surface area contributed by atoms with E-state index < -0.39 is 6.19 Å². The van der Waals surface area contributed by atoms with Gasteiger partial charge < -0.3 is 5.73 Å². The number of nitriles is 1. The number of nitrogens with two attached hydrogens (primary N) is 1. The van der Waals surface area contributed by atoms with Crippen molar-refractivity contribution in [2.45, 2.75) is 38.1 Å². The van der Waals surface area contributed by atoms with Crippen LogP contribution in [0.2, 0.25) is 0 Å². The second-order valence-corrected chi connectivity index (χ2v) is 10.0. The largest absolute Gasteiger partial charge is 0.328 e. The monoisotopic (exact) mass is 357 g/mol. The van der Waals surface area contributed by atoms with Gasteiger partial charge in [-0.2, -0.15) is 5.26 Å². The summed E-state index contributed by atoms with van der Waals surface area (Å²) in [5.41, 5.74) is 5.63. The first-order valence-corrected chi connectivity index (χ1v) is 11.1. The Labute approximate surface area is 150 Å². The molecule has 1 aliphatic rings. The zero-order valence-electron chi connectivity index (χ0n) is 13.8. The summed E-state index contributed by atoms with van der Waals surface area (Å²) >= 11 is 5.71. The summed E-state index contributed by atoms with van der Waals surface area (Å²) < 4.78 is 0. The number of nitrogens with zero attached hydrogens (tertiary/aromatic N) is 1. The molecule has 2 aromatic rings. The van der Waals surface area contributed by atoms with Crippen LogP contribution in [0.4, 0.5) is 0 Å². The summed E-state index contributed by atoms with van der Waals surface area (Å²) in [5, 5.41) is 13.8. The molecule has 0 radical (unpaired) electrons. The molecule has 1 fully saturated rings. The van der Waals surface area contributed by atoms with Gasteiger partial charge in [-0.3, -0.25) is 5.09 Å². The number of hydrogen-bond acceptors (Lipinski definition) is 3. The molecule has 0 spiro atoms. The third-order valence-electron chi connectivity index (χ3n) is 4.10. The first-order chi connectivity index (χ1) is 11.7.